The minimum atomic E-state index is -0.353. The lowest BCUT2D eigenvalue weighted by Gasteiger charge is -2.13. The Morgan fingerprint density at radius 1 is 0.935 bits per heavy atom. The van der Waals surface area contributed by atoms with Crippen molar-refractivity contribution in [3.63, 3.8) is 0 Å². The molecule has 0 atom stereocenters. The number of halogens is 1. The zero-order valence-corrected chi connectivity index (χ0v) is 18.5. The van der Waals surface area contributed by atoms with Crippen molar-refractivity contribution in [1.82, 2.24) is 4.57 Å². The monoisotopic (exact) mass is 433 g/mol. The van der Waals surface area contributed by atoms with Gasteiger partial charge in [0.05, 0.1) is 18.2 Å². The van der Waals surface area contributed by atoms with Gasteiger partial charge in [0.25, 0.3) is 0 Å². The maximum Gasteiger partial charge on any atom is 0.355 e. The summed E-state index contributed by atoms with van der Waals surface area (Å²) >= 11 is 6.03. The molecule has 0 unspecified atom stereocenters. The van der Waals surface area contributed by atoms with Crippen LogP contribution in [0.2, 0.25) is 5.02 Å². The minimum Gasteiger partial charge on any atom is -0.491 e. The van der Waals surface area contributed by atoms with Gasteiger partial charge < -0.3 is 14.0 Å². The van der Waals surface area contributed by atoms with Crippen molar-refractivity contribution in [3.05, 3.63) is 83.5 Å². The quantitative estimate of drug-likeness (QED) is 0.310. The summed E-state index contributed by atoms with van der Waals surface area (Å²) in [7, 11) is 0. The van der Waals surface area contributed by atoms with Crippen LogP contribution in [0.4, 0.5) is 0 Å². The molecule has 0 aliphatic heterocycles. The van der Waals surface area contributed by atoms with Crippen molar-refractivity contribution in [2.75, 3.05) is 6.61 Å². The van der Waals surface area contributed by atoms with E-state index in [9.17, 15) is 4.79 Å². The Bertz CT molecular complexity index is 1210. The van der Waals surface area contributed by atoms with Crippen molar-refractivity contribution < 1.29 is 14.3 Å². The Labute approximate surface area is 187 Å². The van der Waals surface area contributed by atoms with Gasteiger partial charge in [-0.3, -0.25) is 0 Å². The number of esters is 1. The highest BCUT2D eigenvalue weighted by molar-refractivity contribution is 6.30. The molecule has 0 bridgehead atoms. The van der Waals surface area contributed by atoms with Crippen molar-refractivity contribution in [1.29, 1.82) is 0 Å². The van der Waals surface area contributed by atoms with Crippen LogP contribution in [-0.2, 0) is 4.74 Å². The molecule has 0 saturated heterocycles. The van der Waals surface area contributed by atoms with E-state index in [2.05, 4.69) is 6.07 Å². The predicted molar refractivity (Wildman–Crippen MR) is 125 cm³/mol. The third kappa shape index (κ3) is 4.44. The zero-order chi connectivity index (χ0) is 22.0. The largest absolute Gasteiger partial charge is 0.491 e. The third-order valence-electron chi connectivity index (χ3n) is 4.93. The highest BCUT2D eigenvalue weighted by Crippen LogP contribution is 2.31. The summed E-state index contributed by atoms with van der Waals surface area (Å²) in [5.41, 5.74) is 4.40. The van der Waals surface area contributed by atoms with E-state index in [0.717, 1.165) is 33.5 Å². The van der Waals surface area contributed by atoms with E-state index in [-0.39, 0.29) is 12.1 Å². The van der Waals surface area contributed by atoms with Crippen LogP contribution in [0.1, 0.15) is 31.3 Å². The number of carbonyl (C=O) groups is 1. The van der Waals surface area contributed by atoms with Gasteiger partial charge in [0, 0.05) is 16.1 Å². The van der Waals surface area contributed by atoms with Crippen LogP contribution in [0.3, 0.4) is 0 Å². The SMILES string of the molecule is CCOC(=O)c1cc2cc(-c3ccc(Cl)cc3)ccc2n1-c1ccc(OC(C)C)cc1. The first-order valence-electron chi connectivity index (χ1n) is 10.3. The molecule has 4 aromatic rings. The molecule has 4 nitrogen and oxygen atoms in total. The molecule has 0 saturated carbocycles. The summed E-state index contributed by atoms with van der Waals surface area (Å²) in [6, 6.07) is 23.5. The fourth-order valence-corrected chi connectivity index (χ4v) is 3.74. The van der Waals surface area contributed by atoms with E-state index in [0.29, 0.717) is 17.3 Å². The molecule has 31 heavy (non-hydrogen) atoms. The molecule has 0 radical (unpaired) electrons. The van der Waals surface area contributed by atoms with Gasteiger partial charge in [-0.2, -0.15) is 0 Å². The standard InChI is InChI=1S/C26H24ClNO3/c1-4-30-26(29)25-16-20-15-19(18-5-8-21(27)9-6-18)7-14-24(20)28(25)22-10-12-23(13-11-22)31-17(2)3/h5-17H,4H2,1-3H3. The van der Waals surface area contributed by atoms with Crippen LogP contribution in [0, 0.1) is 0 Å². The van der Waals surface area contributed by atoms with E-state index in [1.807, 2.05) is 92.1 Å². The summed E-state index contributed by atoms with van der Waals surface area (Å²) in [4.78, 5) is 12.7. The van der Waals surface area contributed by atoms with E-state index >= 15 is 0 Å². The van der Waals surface area contributed by atoms with Gasteiger partial charge in [-0.1, -0.05) is 29.8 Å². The van der Waals surface area contributed by atoms with E-state index in [1.165, 1.54) is 0 Å². The van der Waals surface area contributed by atoms with Gasteiger partial charge in [0.15, 0.2) is 0 Å². The smallest absolute Gasteiger partial charge is 0.355 e. The molecule has 0 aliphatic carbocycles. The van der Waals surface area contributed by atoms with Crippen molar-refractivity contribution in [3.8, 4) is 22.6 Å². The molecule has 0 aliphatic rings. The number of aromatic nitrogens is 1. The van der Waals surface area contributed by atoms with Crippen LogP contribution < -0.4 is 4.74 Å². The minimum absolute atomic E-state index is 0.0969. The summed E-state index contributed by atoms with van der Waals surface area (Å²) in [6.45, 7) is 6.11. The lowest BCUT2D eigenvalue weighted by atomic mass is 10.0. The van der Waals surface area contributed by atoms with Crippen LogP contribution in [-0.4, -0.2) is 23.2 Å². The predicted octanol–water partition coefficient (Wildman–Crippen LogP) is 6.91. The van der Waals surface area contributed by atoms with Gasteiger partial charge in [-0.05, 0) is 86.5 Å². The number of carbonyl (C=O) groups excluding carboxylic acids is 1. The number of nitrogens with zero attached hydrogens (tertiary/aromatic N) is 1. The maximum atomic E-state index is 12.7. The molecule has 0 fully saturated rings. The normalized spacial score (nSPS) is 11.1. The molecule has 1 heterocycles. The van der Waals surface area contributed by atoms with Crippen LogP contribution in [0.15, 0.2) is 72.8 Å². The molecule has 158 valence electrons. The van der Waals surface area contributed by atoms with Gasteiger partial charge in [0.2, 0.25) is 0 Å². The van der Waals surface area contributed by atoms with Crippen LogP contribution in [0.5, 0.6) is 5.75 Å². The highest BCUT2D eigenvalue weighted by atomic mass is 35.5. The first kappa shape index (κ1) is 21.0. The highest BCUT2D eigenvalue weighted by Gasteiger charge is 2.18. The van der Waals surface area contributed by atoms with Crippen LogP contribution >= 0.6 is 11.6 Å². The van der Waals surface area contributed by atoms with Gasteiger partial charge in [-0.15, -0.1) is 0 Å². The first-order valence-corrected chi connectivity index (χ1v) is 10.7. The molecule has 0 spiro atoms. The molecule has 5 heteroatoms. The van der Waals surface area contributed by atoms with Crippen LogP contribution in [0.25, 0.3) is 27.7 Å². The summed E-state index contributed by atoms with van der Waals surface area (Å²) in [5.74, 6) is 0.437. The molecular weight excluding hydrogens is 410 g/mol. The second-order valence-corrected chi connectivity index (χ2v) is 7.96. The summed E-state index contributed by atoms with van der Waals surface area (Å²) < 4.78 is 13.0. The zero-order valence-electron chi connectivity index (χ0n) is 17.8. The van der Waals surface area contributed by atoms with Gasteiger partial charge >= 0.3 is 5.97 Å². The van der Waals surface area contributed by atoms with Crippen molar-refractivity contribution >= 4 is 28.5 Å². The number of hydrogen-bond acceptors (Lipinski definition) is 3. The summed E-state index contributed by atoms with van der Waals surface area (Å²) in [6.07, 6.45) is 0.0969. The number of ether oxygens (including phenoxy) is 2. The average molecular weight is 434 g/mol. The van der Waals surface area contributed by atoms with Gasteiger partial charge in [-0.25, -0.2) is 4.79 Å². The molecular formula is C26H24ClNO3. The topological polar surface area (TPSA) is 40.5 Å². The second-order valence-electron chi connectivity index (χ2n) is 7.53. The fraction of sp³-hybridized carbons (Fsp3) is 0.192. The Morgan fingerprint density at radius 3 is 2.26 bits per heavy atom. The van der Waals surface area contributed by atoms with E-state index in [1.54, 1.807) is 0 Å². The second kappa shape index (κ2) is 8.86. The number of fused-ring (bicyclic) bond motifs is 1. The van der Waals surface area contributed by atoms with Crippen molar-refractivity contribution in [2.45, 2.75) is 26.9 Å². The Balaban J connectivity index is 1.82. The number of benzene rings is 3. The molecule has 1 aromatic heterocycles. The lowest BCUT2D eigenvalue weighted by Crippen LogP contribution is -2.11. The summed E-state index contributed by atoms with van der Waals surface area (Å²) in [5, 5.41) is 1.66. The number of hydrogen-bond donors (Lipinski definition) is 0. The average Bonchev–Trinajstić information content (AvgIpc) is 3.13. The lowest BCUT2D eigenvalue weighted by molar-refractivity contribution is 0.0517. The van der Waals surface area contributed by atoms with Gasteiger partial charge in [0.1, 0.15) is 11.4 Å². The van der Waals surface area contributed by atoms with E-state index < -0.39 is 0 Å². The molecule has 0 N–H and O–H groups in total. The maximum absolute atomic E-state index is 12.7. The number of rotatable bonds is 6. The first-order chi connectivity index (χ1) is 15.0. The fourth-order valence-electron chi connectivity index (χ4n) is 3.62. The Hall–Kier alpha value is -3.24. The third-order valence-corrected chi connectivity index (χ3v) is 5.18. The molecule has 0 amide bonds. The molecule has 3 aromatic carbocycles. The molecule has 4 rings (SSSR count). The Morgan fingerprint density at radius 2 is 1.61 bits per heavy atom. The van der Waals surface area contributed by atoms with E-state index in [4.69, 9.17) is 21.1 Å². The Kier molecular flexibility index (Phi) is 6.01. The van der Waals surface area contributed by atoms with Crippen molar-refractivity contribution in [2.24, 2.45) is 0 Å².